The molecule has 1 aliphatic rings. The Labute approximate surface area is 148 Å². The summed E-state index contributed by atoms with van der Waals surface area (Å²) >= 11 is 0. The van der Waals surface area contributed by atoms with Gasteiger partial charge in [0.15, 0.2) is 11.5 Å². The van der Waals surface area contributed by atoms with Crippen molar-refractivity contribution in [1.82, 2.24) is 0 Å². The molecule has 2 aromatic carbocycles. The fourth-order valence-electron chi connectivity index (χ4n) is 2.92. The van der Waals surface area contributed by atoms with E-state index in [1.54, 1.807) is 18.2 Å². The number of nitrogens with one attached hydrogen (secondary N) is 1. The van der Waals surface area contributed by atoms with Crippen LogP contribution in [0, 0.1) is 5.92 Å². The summed E-state index contributed by atoms with van der Waals surface area (Å²) in [6.07, 6.45) is -3.74. The van der Waals surface area contributed by atoms with Gasteiger partial charge in [-0.05, 0) is 42.2 Å². The average molecular weight is 365 g/mol. The second-order valence-corrected chi connectivity index (χ2v) is 6.13. The molecule has 1 N–H and O–H groups in total. The number of ether oxygens (including phenoxy) is 2. The Kier molecular flexibility index (Phi) is 4.80. The van der Waals surface area contributed by atoms with E-state index in [2.05, 4.69) is 5.32 Å². The number of amides is 1. The molecule has 0 aliphatic heterocycles. The SMILES string of the molecule is COc1ccc(NC(=O)C2CC2c2ccc(C(F)(F)F)cc2)cc1OC. The van der Waals surface area contributed by atoms with E-state index in [-0.39, 0.29) is 17.7 Å². The van der Waals surface area contributed by atoms with Gasteiger partial charge >= 0.3 is 6.18 Å². The molecule has 1 aliphatic carbocycles. The molecular weight excluding hydrogens is 347 g/mol. The Balaban J connectivity index is 1.64. The minimum atomic E-state index is -4.35. The number of halogens is 3. The zero-order chi connectivity index (χ0) is 18.9. The van der Waals surface area contributed by atoms with Crippen molar-refractivity contribution >= 4 is 11.6 Å². The maximum atomic E-state index is 12.6. The molecule has 0 aromatic heterocycles. The van der Waals surface area contributed by atoms with Crippen molar-refractivity contribution in [1.29, 1.82) is 0 Å². The first-order chi connectivity index (χ1) is 12.3. The summed E-state index contributed by atoms with van der Waals surface area (Å²) in [5.74, 6) is 0.583. The Morgan fingerprint density at radius 1 is 1.04 bits per heavy atom. The van der Waals surface area contributed by atoms with Crippen molar-refractivity contribution < 1.29 is 27.4 Å². The molecule has 1 amide bonds. The fraction of sp³-hybridized carbons (Fsp3) is 0.316. The number of anilines is 1. The molecule has 1 saturated carbocycles. The van der Waals surface area contributed by atoms with E-state index >= 15 is 0 Å². The first kappa shape index (κ1) is 18.1. The molecule has 4 nitrogen and oxygen atoms in total. The smallest absolute Gasteiger partial charge is 0.416 e. The number of hydrogen-bond donors (Lipinski definition) is 1. The highest BCUT2D eigenvalue weighted by molar-refractivity contribution is 5.95. The number of methoxy groups -OCH3 is 2. The van der Waals surface area contributed by atoms with E-state index in [1.165, 1.54) is 26.4 Å². The third kappa shape index (κ3) is 3.76. The normalized spacial score (nSPS) is 19.0. The molecule has 26 heavy (non-hydrogen) atoms. The zero-order valence-electron chi connectivity index (χ0n) is 14.3. The lowest BCUT2D eigenvalue weighted by atomic mass is 10.1. The summed E-state index contributed by atoms with van der Waals surface area (Å²) in [5.41, 5.74) is 0.629. The summed E-state index contributed by atoms with van der Waals surface area (Å²) in [4.78, 5) is 12.4. The maximum Gasteiger partial charge on any atom is 0.416 e. The third-order valence-corrected chi connectivity index (χ3v) is 4.44. The number of carbonyl (C=O) groups excluding carboxylic acids is 1. The van der Waals surface area contributed by atoms with Gasteiger partial charge in [-0.1, -0.05) is 12.1 Å². The quantitative estimate of drug-likeness (QED) is 0.851. The highest BCUT2D eigenvalue weighted by atomic mass is 19.4. The van der Waals surface area contributed by atoms with Crippen LogP contribution in [0.25, 0.3) is 0 Å². The van der Waals surface area contributed by atoms with Crippen LogP contribution < -0.4 is 14.8 Å². The molecule has 138 valence electrons. The monoisotopic (exact) mass is 365 g/mol. The van der Waals surface area contributed by atoms with Crippen molar-refractivity contribution in [3.63, 3.8) is 0 Å². The second-order valence-electron chi connectivity index (χ2n) is 6.13. The molecule has 0 radical (unpaired) electrons. The van der Waals surface area contributed by atoms with Crippen molar-refractivity contribution in [2.45, 2.75) is 18.5 Å². The van der Waals surface area contributed by atoms with Crippen LogP contribution in [-0.2, 0) is 11.0 Å². The lowest BCUT2D eigenvalue weighted by molar-refractivity contribution is -0.137. The fourth-order valence-corrected chi connectivity index (χ4v) is 2.92. The number of rotatable bonds is 5. The lowest BCUT2D eigenvalue weighted by Crippen LogP contribution is -2.14. The van der Waals surface area contributed by atoms with Crippen molar-refractivity contribution in [2.24, 2.45) is 5.92 Å². The van der Waals surface area contributed by atoms with Gasteiger partial charge in [-0.2, -0.15) is 13.2 Å². The van der Waals surface area contributed by atoms with Crippen LogP contribution in [0.3, 0.4) is 0 Å². The van der Waals surface area contributed by atoms with E-state index < -0.39 is 11.7 Å². The first-order valence-electron chi connectivity index (χ1n) is 8.03. The van der Waals surface area contributed by atoms with Crippen LogP contribution in [0.15, 0.2) is 42.5 Å². The first-order valence-corrected chi connectivity index (χ1v) is 8.03. The van der Waals surface area contributed by atoms with Gasteiger partial charge in [-0.25, -0.2) is 0 Å². The van der Waals surface area contributed by atoms with E-state index in [4.69, 9.17) is 9.47 Å². The Morgan fingerprint density at radius 2 is 1.69 bits per heavy atom. The largest absolute Gasteiger partial charge is 0.493 e. The second kappa shape index (κ2) is 6.90. The lowest BCUT2D eigenvalue weighted by Gasteiger charge is -2.11. The molecule has 2 unspecified atom stereocenters. The van der Waals surface area contributed by atoms with Gasteiger partial charge in [0.1, 0.15) is 0 Å². The zero-order valence-corrected chi connectivity index (χ0v) is 14.3. The minimum Gasteiger partial charge on any atom is -0.493 e. The van der Waals surface area contributed by atoms with Gasteiger partial charge in [0, 0.05) is 17.7 Å². The van der Waals surface area contributed by atoms with E-state index in [1.807, 2.05) is 0 Å². The molecular formula is C19H18F3NO3. The summed E-state index contributed by atoms with van der Waals surface area (Å²) in [6, 6.07) is 10.0. The highest BCUT2D eigenvalue weighted by Gasteiger charge is 2.44. The van der Waals surface area contributed by atoms with Crippen LogP contribution in [-0.4, -0.2) is 20.1 Å². The van der Waals surface area contributed by atoms with Gasteiger partial charge in [0.05, 0.1) is 19.8 Å². The van der Waals surface area contributed by atoms with Crippen LogP contribution >= 0.6 is 0 Å². The molecule has 0 spiro atoms. The van der Waals surface area contributed by atoms with Crippen molar-refractivity contribution in [3.05, 3.63) is 53.6 Å². The van der Waals surface area contributed by atoms with Gasteiger partial charge < -0.3 is 14.8 Å². The van der Waals surface area contributed by atoms with Crippen molar-refractivity contribution in [2.75, 3.05) is 19.5 Å². The maximum absolute atomic E-state index is 12.6. The summed E-state index contributed by atoms with van der Waals surface area (Å²) in [5, 5.41) is 2.81. The molecule has 0 heterocycles. The van der Waals surface area contributed by atoms with Crippen molar-refractivity contribution in [3.8, 4) is 11.5 Å². The summed E-state index contributed by atoms with van der Waals surface area (Å²) in [7, 11) is 3.03. The Hall–Kier alpha value is -2.70. The van der Waals surface area contributed by atoms with Crippen LogP contribution in [0.1, 0.15) is 23.5 Å². The van der Waals surface area contributed by atoms with E-state index in [0.717, 1.165) is 17.7 Å². The van der Waals surface area contributed by atoms with E-state index in [9.17, 15) is 18.0 Å². The predicted molar refractivity (Wildman–Crippen MR) is 90.5 cm³/mol. The molecule has 1 fully saturated rings. The molecule has 3 rings (SSSR count). The van der Waals surface area contributed by atoms with Crippen LogP contribution in [0.2, 0.25) is 0 Å². The topological polar surface area (TPSA) is 47.6 Å². The number of alkyl halides is 3. The van der Waals surface area contributed by atoms with E-state index in [0.29, 0.717) is 23.6 Å². The third-order valence-electron chi connectivity index (χ3n) is 4.44. The Morgan fingerprint density at radius 3 is 2.27 bits per heavy atom. The standard InChI is InChI=1S/C19H18F3NO3/c1-25-16-8-7-13(9-17(16)26-2)23-18(24)15-10-14(15)11-3-5-12(6-4-11)19(20,21)22/h3-9,14-15H,10H2,1-2H3,(H,23,24). The Bertz CT molecular complexity index is 803. The van der Waals surface area contributed by atoms with Crippen LogP contribution in [0.5, 0.6) is 11.5 Å². The number of hydrogen-bond acceptors (Lipinski definition) is 3. The highest BCUT2D eigenvalue weighted by Crippen LogP contribution is 2.48. The number of benzene rings is 2. The molecule has 2 aromatic rings. The molecule has 0 saturated heterocycles. The summed E-state index contributed by atoms with van der Waals surface area (Å²) in [6.45, 7) is 0. The predicted octanol–water partition coefficient (Wildman–Crippen LogP) is 4.46. The van der Waals surface area contributed by atoms with Gasteiger partial charge in [0.25, 0.3) is 0 Å². The molecule has 2 atom stereocenters. The minimum absolute atomic E-state index is 0.0579. The van der Waals surface area contributed by atoms with Gasteiger partial charge in [-0.15, -0.1) is 0 Å². The van der Waals surface area contributed by atoms with Gasteiger partial charge in [0.2, 0.25) is 5.91 Å². The summed E-state index contributed by atoms with van der Waals surface area (Å²) < 4.78 is 48.2. The number of carbonyl (C=O) groups is 1. The molecule has 7 heteroatoms. The van der Waals surface area contributed by atoms with Gasteiger partial charge in [-0.3, -0.25) is 4.79 Å². The molecule has 0 bridgehead atoms. The average Bonchev–Trinajstić information content (AvgIpc) is 3.42. The van der Waals surface area contributed by atoms with Crippen LogP contribution in [0.4, 0.5) is 18.9 Å².